The van der Waals surface area contributed by atoms with Crippen molar-refractivity contribution >= 4 is 22.7 Å². The third kappa shape index (κ3) is 6.33. The summed E-state index contributed by atoms with van der Waals surface area (Å²) in [5.74, 6) is -3.66. The second-order valence-corrected chi connectivity index (χ2v) is 11.8. The lowest BCUT2D eigenvalue weighted by molar-refractivity contribution is -0.143. The molecule has 0 amide bonds. The Balaban J connectivity index is 1.37. The molecular formula is C33H35F3N4O3. The van der Waals surface area contributed by atoms with Crippen LogP contribution in [0, 0.1) is 18.7 Å². The number of carboxylic acid groups (broad SMARTS) is 1. The maximum Gasteiger partial charge on any atom is 0.307 e. The number of pyridine rings is 1. The second-order valence-electron chi connectivity index (χ2n) is 11.8. The van der Waals surface area contributed by atoms with Crippen molar-refractivity contribution < 1.29 is 27.8 Å². The lowest BCUT2D eigenvalue weighted by Gasteiger charge is -2.33. The number of fused-ring (bicyclic) bond motifs is 1. The molecule has 1 aliphatic carbocycles. The topological polar surface area (TPSA) is 80.5 Å². The number of halogens is 3. The number of anilines is 1. The van der Waals surface area contributed by atoms with E-state index in [4.69, 9.17) is 9.72 Å². The fourth-order valence-corrected chi connectivity index (χ4v) is 6.28. The number of carboxylic acids is 1. The van der Waals surface area contributed by atoms with Crippen LogP contribution in [0.1, 0.15) is 67.1 Å². The summed E-state index contributed by atoms with van der Waals surface area (Å²) in [6, 6.07) is 14.1. The molecule has 2 aliphatic rings. The van der Waals surface area contributed by atoms with Gasteiger partial charge in [0.15, 0.2) is 0 Å². The maximum atomic E-state index is 15.3. The molecular weight excluding hydrogens is 557 g/mol. The SMILES string of the molecule is Cc1ccc(COc2ccc3nc(C4CCCCC4C(=O)O)n(Cc4cc(N5CCC(F)(F)CC5)ccc4F)c3c2)nc1. The Labute approximate surface area is 248 Å². The zero-order chi connectivity index (χ0) is 30.1. The first-order valence-electron chi connectivity index (χ1n) is 14.9. The van der Waals surface area contributed by atoms with Crippen LogP contribution in [0.25, 0.3) is 11.0 Å². The van der Waals surface area contributed by atoms with Crippen LogP contribution in [-0.4, -0.2) is 44.6 Å². The van der Waals surface area contributed by atoms with Gasteiger partial charge in [0.05, 0.1) is 29.2 Å². The number of imidazole rings is 1. The summed E-state index contributed by atoms with van der Waals surface area (Å²) in [5.41, 5.74) is 4.28. The summed E-state index contributed by atoms with van der Waals surface area (Å²) in [7, 11) is 0. The average Bonchev–Trinajstić information content (AvgIpc) is 3.35. The summed E-state index contributed by atoms with van der Waals surface area (Å²) < 4.78 is 50.9. The van der Waals surface area contributed by atoms with Gasteiger partial charge < -0.3 is 19.3 Å². The first kappa shape index (κ1) is 29.0. The van der Waals surface area contributed by atoms with Gasteiger partial charge in [-0.15, -0.1) is 0 Å². The lowest BCUT2D eigenvalue weighted by atomic mass is 9.78. The van der Waals surface area contributed by atoms with Crippen molar-refractivity contribution in [1.82, 2.24) is 14.5 Å². The zero-order valence-electron chi connectivity index (χ0n) is 24.1. The molecule has 2 aromatic heterocycles. The molecule has 1 saturated heterocycles. The predicted octanol–water partition coefficient (Wildman–Crippen LogP) is 7.10. The molecule has 6 rings (SSSR count). The van der Waals surface area contributed by atoms with Crippen molar-refractivity contribution in [1.29, 1.82) is 0 Å². The Morgan fingerprint density at radius 1 is 1.07 bits per heavy atom. The number of ether oxygens (including phenoxy) is 1. The molecule has 2 fully saturated rings. The molecule has 1 saturated carbocycles. The van der Waals surface area contributed by atoms with E-state index in [1.807, 2.05) is 46.7 Å². The van der Waals surface area contributed by atoms with Crippen LogP contribution >= 0.6 is 0 Å². The Hall–Kier alpha value is -4.08. The first-order chi connectivity index (χ1) is 20.7. The fourth-order valence-electron chi connectivity index (χ4n) is 6.28. The molecule has 7 nitrogen and oxygen atoms in total. The monoisotopic (exact) mass is 592 g/mol. The minimum Gasteiger partial charge on any atom is -0.487 e. The van der Waals surface area contributed by atoms with E-state index in [1.54, 1.807) is 18.3 Å². The third-order valence-electron chi connectivity index (χ3n) is 8.74. The number of hydrogen-bond donors (Lipinski definition) is 1. The van der Waals surface area contributed by atoms with Crippen molar-refractivity contribution in [2.45, 2.75) is 70.4 Å². The molecule has 43 heavy (non-hydrogen) atoms. The van der Waals surface area contributed by atoms with E-state index in [0.29, 0.717) is 46.7 Å². The van der Waals surface area contributed by atoms with Gasteiger partial charge in [-0.25, -0.2) is 18.2 Å². The van der Waals surface area contributed by atoms with E-state index < -0.39 is 23.6 Å². The van der Waals surface area contributed by atoms with Gasteiger partial charge in [-0.3, -0.25) is 9.78 Å². The van der Waals surface area contributed by atoms with Crippen molar-refractivity contribution in [2.75, 3.05) is 18.0 Å². The first-order valence-corrected chi connectivity index (χ1v) is 14.9. The van der Waals surface area contributed by atoms with Crippen molar-refractivity contribution in [3.8, 4) is 5.75 Å². The largest absolute Gasteiger partial charge is 0.487 e. The Kier molecular flexibility index (Phi) is 8.03. The predicted molar refractivity (Wildman–Crippen MR) is 157 cm³/mol. The Morgan fingerprint density at radius 2 is 1.86 bits per heavy atom. The highest BCUT2D eigenvalue weighted by atomic mass is 19.3. The van der Waals surface area contributed by atoms with Gasteiger partial charge in [0, 0.05) is 55.4 Å². The normalized spacial score (nSPS) is 20.3. The minimum absolute atomic E-state index is 0.112. The molecule has 0 spiro atoms. The van der Waals surface area contributed by atoms with Crippen molar-refractivity contribution in [2.24, 2.45) is 5.92 Å². The number of aryl methyl sites for hydroxylation is 1. The van der Waals surface area contributed by atoms with E-state index in [0.717, 1.165) is 24.1 Å². The number of alkyl halides is 2. The summed E-state index contributed by atoms with van der Waals surface area (Å²) in [6.45, 7) is 2.73. The number of piperidine rings is 1. The van der Waals surface area contributed by atoms with Gasteiger partial charge in [-0.05, 0) is 61.7 Å². The summed E-state index contributed by atoms with van der Waals surface area (Å²) in [4.78, 5) is 23.4. The number of aromatic nitrogens is 3. The summed E-state index contributed by atoms with van der Waals surface area (Å²) in [6.07, 6.45) is 4.26. The van der Waals surface area contributed by atoms with Crippen LogP contribution in [-0.2, 0) is 17.9 Å². The van der Waals surface area contributed by atoms with Gasteiger partial charge >= 0.3 is 5.97 Å². The maximum absolute atomic E-state index is 15.3. The molecule has 3 heterocycles. The highest BCUT2D eigenvalue weighted by Crippen LogP contribution is 2.40. The molecule has 10 heteroatoms. The fraction of sp³-hybridized carbons (Fsp3) is 0.424. The van der Waals surface area contributed by atoms with E-state index in [1.165, 1.54) is 6.07 Å². The number of carbonyl (C=O) groups is 1. The van der Waals surface area contributed by atoms with Crippen LogP contribution in [0.3, 0.4) is 0 Å². The summed E-state index contributed by atoms with van der Waals surface area (Å²) >= 11 is 0. The second kappa shape index (κ2) is 11.9. The molecule has 226 valence electrons. The Bertz CT molecular complexity index is 1610. The van der Waals surface area contributed by atoms with Crippen LogP contribution in [0.5, 0.6) is 5.75 Å². The van der Waals surface area contributed by atoms with E-state index in [9.17, 15) is 18.7 Å². The number of benzene rings is 2. The van der Waals surface area contributed by atoms with Gasteiger partial charge in [-0.1, -0.05) is 18.9 Å². The van der Waals surface area contributed by atoms with Gasteiger partial charge in [0.1, 0.15) is 24.0 Å². The van der Waals surface area contributed by atoms with E-state index >= 15 is 4.39 Å². The molecule has 2 unspecified atom stereocenters. The third-order valence-corrected chi connectivity index (χ3v) is 8.74. The highest BCUT2D eigenvalue weighted by molar-refractivity contribution is 5.79. The quantitative estimate of drug-likeness (QED) is 0.235. The van der Waals surface area contributed by atoms with Crippen LogP contribution < -0.4 is 9.64 Å². The molecule has 2 atom stereocenters. The minimum atomic E-state index is -2.68. The van der Waals surface area contributed by atoms with Crippen molar-refractivity contribution in [3.05, 3.63) is 83.2 Å². The number of rotatable bonds is 8. The van der Waals surface area contributed by atoms with E-state index in [-0.39, 0.29) is 45.0 Å². The van der Waals surface area contributed by atoms with Crippen LogP contribution in [0.2, 0.25) is 0 Å². The molecule has 1 N–H and O–H groups in total. The number of hydrogen-bond acceptors (Lipinski definition) is 5. The number of nitrogens with zero attached hydrogens (tertiary/aromatic N) is 4. The Morgan fingerprint density at radius 3 is 2.60 bits per heavy atom. The average molecular weight is 593 g/mol. The van der Waals surface area contributed by atoms with Crippen LogP contribution in [0.15, 0.2) is 54.7 Å². The lowest BCUT2D eigenvalue weighted by Crippen LogP contribution is -2.39. The number of aliphatic carboxylic acids is 1. The standard InChI is InChI=1S/C33H35F3N4O3/c1-21-6-7-23(37-18-21)20-43-25-9-11-29-30(17-25)40(31(38-29)26-4-2-3-5-27(26)32(41)42)19-22-16-24(8-10-28(22)34)39-14-12-33(35,36)13-15-39/h6-11,16-18,26-27H,2-5,12-15,19-20H2,1H3,(H,41,42). The molecule has 0 radical (unpaired) electrons. The van der Waals surface area contributed by atoms with Gasteiger partial charge in [0.25, 0.3) is 5.92 Å². The molecule has 4 aromatic rings. The van der Waals surface area contributed by atoms with Crippen molar-refractivity contribution in [3.63, 3.8) is 0 Å². The highest BCUT2D eigenvalue weighted by Gasteiger charge is 2.36. The zero-order valence-corrected chi connectivity index (χ0v) is 24.1. The van der Waals surface area contributed by atoms with Gasteiger partial charge in [-0.2, -0.15) is 0 Å². The molecule has 2 aromatic carbocycles. The van der Waals surface area contributed by atoms with Gasteiger partial charge in [0.2, 0.25) is 0 Å². The molecule has 0 bridgehead atoms. The van der Waals surface area contributed by atoms with Crippen LogP contribution in [0.4, 0.5) is 18.9 Å². The van der Waals surface area contributed by atoms with E-state index in [2.05, 4.69) is 4.98 Å². The smallest absolute Gasteiger partial charge is 0.307 e. The molecule has 1 aliphatic heterocycles. The summed E-state index contributed by atoms with van der Waals surface area (Å²) in [5, 5.41) is 10.0.